The van der Waals surface area contributed by atoms with Crippen molar-refractivity contribution in [2.24, 2.45) is 27.9 Å². The third-order valence-corrected chi connectivity index (χ3v) is 5.13. The molecule has 1 heteroatoms. The zero-order valence-corrected chi connectivity index (χ0v) is 13.5. The normalized spacial score (nSPS) is 16.1. The molecule has 0 aromatic rings. The van der Waals surface area contributed by atoms with Crippen molar-refractivity contribution in [2.45, 2.75) is 74.7 Å². The molecular formula is C16H35N. The Balaban J connectivity index is 4.65. The van der Waals surface area contributed by atoms with Gasteiger partial charge in [0.25, 0.3) is 0 Å². The smallest absolute Gasteiger partial charge is 0.00771 e. The zero-order valence-electron chi connectivity index (χ0n) is 13.5. The molecule has 1 unspecified atom stereocenters. The highest BCUT2D eigenvalue weighted by Crippen LogP contribution is 2.48. The summed E-state index contributed by atoms with van der Waals surface area (Å²) in [4.78, 5) is 0. The van der Waals surface area contributed by atoms with E-state index in [1.165, 1.54) is 12.8 Å². The van der Waals surface area contributed by atoms with E-state index in [4.69, 9.17) is 5.73 Å². The molecule has 0 amide bonds. The Morgan fingerprint density at radius 3 is 1.71 bits per heavy atom. The second kappa shape index (κ2) is 5.73. The van der Waals surface area contributed by atoms with Gasteiger partial charge in [-0.3, -0.25) is 0 Å². The van der Waals surface area contributed by atoms with Crippen LogP contribution >= 0.6 is 0 Å². The molecule has 0 aromatic heterocycles. The lowest BCUT2D eigenvalue weighted by Gasteiger charge is -2.45. The van der Waals surface area contributed by atoms with Gasteiger partial charge in [-0.15, -0.1) is 0 Å². The minimum Gasteiger partial charge on any atom is -0.330 e. The molecule has 104 valence electrons. The fourth-order valence-electron chi connectivity index (χ4n) is 2.23. The first kappa shape index (κ1) is 17.0. The molecule has 0 heterocycles. The molecular weight excluding hydrogens is 206 g/mol. The summed E-state index contributed by atoms with van der Waals surface area (Å²) in [6.45, 7) is 19.9. The van der Waals surface area contributed by atoms with Crippen LogP contribution in [0.5, 0.6) is 0 Å². The van der Waals surface area contributed by atoms with Crippen molar-refractivity contribution in [3.63, 3.8) is 0 Å². The van der Waals surface area contributed by atoms with E-state index in [2.05, 4.69) is 55.4 Å². The molecule has 0 rings (SSSR count). The monoisotopic (exact) mass is 241 g/mol. The van der Waals surface area contributed by atoms with E-state index >= 15 is 0 Å². The van der Waals surface area contributed by atoms with Crippen molar-refractivity contribution >= 4 is 0 Å². The molecule has 0 spiro atoms. The first-order chi connectivity index (χ1) is 7.44. The standard InChI is InChI=1S/C16H35N/c1-13(14(2,3)4)12-16(7,8)15(5,6)10-9-11-17/h13H,9-12,17H2,1-8H3. The summed E-state index contributed by atoms with van der Waals surface area (Å²) < 4.78 is 0. The largest absolute Gasteiger partial charge is 0.330 e. The van der Waals surface area contributed by atoms with Crippen molar-refractivity contribution in [1.82, 2.24) is 0 Å². The zero-order chi connectivity index (χ0) is 13.9. The van der Waals surface area contributed by atoms with E-state index in [1.54, 1.807) is 0 Å². The maximum atomic E-state index is 5.65. The van der Waals surface area contributed by atoms with E-state index in [9.17, 15) is 0 Å². The van der Waals surface area contributed by atoms with Crippen LogP contribution in [-0.2, 0) is 0 Å². The van der Waals surface area contributed by atoms with Gasteiger partial charge in [-0.05, 0) is 48.0 Å². The molecule has 0 fully saturated rings. The van der Waals surface area contributed by atoms with Crippen molar-refractivity contribution in [3.8, 4) is 0 Å². The van der Waals surface area contributed by atoms with Gasteiger partial charge in [0, 0.05) is 0 Å². The summed E-state index contributed by atoms with van der Waals surface area (Å²) in [5.41, 5.74) is 6.79. The quantitative estimate of drug-likeness (QED) is 0.707. The van der Waals surface area contributed by atoms with Gasteiger partial charge in [-0.2, -0.15) is 0 Å². The van der Waals surface area contributed by atoms with Crippen molar-refractivity contribution < 1.29 is 0 Å². The number of nitrogens with two attached hydrogens (primary N) is 1. The number of rotatable bonds is 6. The number of hydrogen-bond acceptors (Lipinski definition) is 1. The molecule has 0 aliphatic heterocycles. The van der Waals surface area contributed by atoms with Crippen LogP contribution in [0.25, 0.3) is 0 Å². The Bertz CT molecular complexity index is 220. The van der Waals surface area contributed by atoms with Gasteiger partial charge in [-0.1, -0.05) is 55.4 Å². The third kappa shape index (κ3) is 4.99. The predicted molar refractivity (Wildman–Crippen MR) is 79.1 cm³/mol. The van der Waals surface area contributed by atoms with Crippen LogP contribution in [0.4, 0.5) is 0 Å². The van der Waals surface area contributed by atoms with Crippen molar-refractivity contribution in [1.29, 1.82) is 0 Å². The van der Waals surface area contributed by atoms with Crippen LogP contribution < -0.4 is 5.73 Å². The van der Waals surface area contributed by atoms with Crippen molar-refractivity contribution in [2.75, 3.05) is 6.54 Å². The van der Waals surface area contributed by atoms with Crippen molar-refractivity contribution in [3.05, 3.63) is 0 Å². The Hall–Kier alpha value is -0.0400. The van der Waals surface area contributed by atoms with Crippen LogP contribution in [-0.4, -0.2) is 6.54 Å². The van der Waals surface area contributed by atoms with Crippen LogP contribution in [0, 0.1) is 22.2 Å². The van der Waals surface area contributed by atoms with E-state index in [0.29, 0.717) is 16.2 Å². The minimum absolute atomic E-state index is 0.367. The summed E-state index contributed by atoms with van der Waals surface area (Å²) in [6.07, 6.45) is 3.65. The Labute approximate surface area is 110 Å². The Kier molecular flexibility index (Phi) is 5.72. The summed E-state index contributed by atoms with van der Waals surface area (Å²) in [5.74, 6) is 0.745. The molecule has 1 atom stereocenters. The summed E-state index contributed by atoms with van der Waals surface area (Å²) in [5, 5.41) is 0. The average Bonchev–Trinajstić information content (AvgIpc) is 2.12. The molecule has 17 heavy (non-hydrogen) atoms. The highest BCUT2D eigenvalue weighted by Gasteiger charge is 2.39. The molecule has 0 aromatic carbocycles. The molecule has 0 aliphatic rings. The molecule has 0 radical (unpaired) electrons. The summed E-state index contributed by atoms with van der Waals surface area (Å²) in [6, 6.07) is 0. The average molecular weight is 241 g/mol. The lowest BCUT2D eigenvalue weighted by atomic mass is 9.60. The van der Waals surface area contributed by atoms with E-state index in [0.717, 1.165) is 18.9 Å². The predicted octanol–water partition coefficient (Wildman–Crippen LogP) is 4.85. The second-order valence-corrected chi connectivity index (χ2v) is 8.13. The molecule has 0 saturated carbocycles. The Morgan fingerprint density at radius 2 is 1.35 bits per heavy atom. The van der Waals surface area contributed by atoms with Crippen LogP contribution in [0.15, 0.2) is 0 Å². The lowest BCUT2D eigenvalue weighted by Crippen LogP contribution is -2.36. The van der Waals surface area contributed by atoms with Gasteiger partial charge < -0.3 is 5.73 Å². The van der Waals surface area contributed by atoms with Gasteiger partial charge in [0.2, 0.25) is 0 Å². The lowest BCUT2D eigenvalue weighted by molar-refractivity contribution is 0.0458. The Morgan fingerprint density at radius 1 is 0.882 bits per heavy atom. The van der Waals surface area contributed by atoms with E-state index < -0.39 is 0 Å². The maximum absolute atomic E-state index is 5.65. The molecule has 1 nitrogen and oxygen atoms in total. The van der Waals surface area contributed by atoms with Gasteiger partial charge in [0.1, 0.15) is 0 Å². The fourth-order valence-corrected chi connectivity index (χ4v) is 2.23. The molecule has 0 aliphatic carbocycles. The SMILES string of the molecule is CC(CC(C)(C)C(C)(C)CCCN)C(C)(C)C. The second-order valence-electron chi connectivity index (χ2n) is 8.13. The number of hydrogen-bond donors (Lipinski definition) is 1. The summed E-state index contributed by atoms with van der Waals surface area (Å²) >= 11 is 0. The van der Waals surface area contributed by atoms with Crippen LogP contribution in [0.1, 0.15) is 74.7 Å². The van der Waals surface area contributed by atoms with Crippen LogP contribution in [0.2, 0.25) is 0 Å². The van der Waals surface area contributed by atoms with E-state index in [-0.39, 0.29) is 0 Å². The topological polar surface area (TPSA) is 26.0 Å². The fraction of sp³-hybridized carbons (Fsp3) is 1.00. The third-order valence-electron chi connectivity index (χ3n) is 5.13. The highest BCUT2D eigenvalue weighted by molar-refractivity contribution is 4.89. The maximum Gasteiger partial charge on any atom is -0.00771 e. The minimum atomic E-state index is 0.367. The van der Waals surface area contributed by atoms with Gasteiger partial charge in [0.05, 0.1) is 0 Å². The molecule has 0 saturated heterocycles. The highest BCUT2D eigenvalue weighted by atomic mass is 14.5. The van der Waals surface area contributed by atoms with Crippen LogP contribution in [0.3, 0.4) is 0 Å². The molecule has 0 bridgehead atoms. The van der Waals surface area contributed by atoms with E-state index in [1.807, 2.05) is 0 Å². The van der Waals surface area contributed by atoms with Gasteiger partial charge >= 0.3 is 0 Å². The molecule has 2 N–H and O–H groups in total. The summed E-state index contributed by atoms with van der Waals surface area (Å²) in [7, 11) is 0. The van der Waals surface area contributed by atoms with Gasteiger partial charge in [-0.25, -0.2) is 0 Å². The van der Waals surface area contributed by atoms with Gasteiger partial charge in [0.15, 0.2) is 0 Å². The first-order valence-corrected chi connectivity index (χ1v) is 7.14. The first-order valence-electron chi connectivity index (χ1n) is 7.14.